The van der Waals surface area contributed by atoms with Crippen LogP contribution in [0.5, 0.6) is 0 Å². The van der Waals surface area contributed by atoms with Crippen molar-refractivity contribution in [3.05, 3.63) is 71.5 Å². The van der Waals surface area contributed by atoms with Gasteiger partial charge in [0.1, 0.15) is 5.82 Å². The van der Waals surface area contributed by atoms with Gasteiger partial charge in [0.25, 0.3) is 0 Å². The molecule has 2 aromatic rings. The van der Waals surface area contributed by atoms with E-state index in [9.17, 15) is 4.39 Å². The van der Waals surface area contributed by atoms with Gasteiger partial charge in [-0.2, -0.15) is 5.10 Å². The highest BCUT2D eigenvalue weighted by Gasteiger charge is 2.29. The molecule has 0 aromatic heterocycles. The summed E-state index contributed by atoms with van der Waals surface area (Å²) >= 11 is 0. The van der Waals surface area contributed by atoms with Gasteiger partial charge in [0.05, 0.1) is 18.3 Å². The zero-order chi connectivity index (χ0) is 14.7. The summed E-state index contributed by atoms with van der Waals surface area (Å²) in [6.07, 6.45) is 0.685. The van der Waals surface area contributed by atoms with E-state index in [1.165, 1.54) is 6.07 Å². The van der Waals surface area contributed by atoms with Crippen molar-refractivity contribution < 1.29 is 4.39 Å². The highest BCUT2D eigenvalue weighted by molar-refractivity contribution is 5.88. The normalized spacial score (nSPS) is 17.9. The van der Waals surface area contributed by atoms with Gasteiger partial charge in [-0.3, -0.25) is 5.01 Å². The largest absolute Gasteiger partial charge is 0.325 e. The Labute approximate surface area is 123 Å². The molecule has 3 rings (SSSR count). The van der Waals surface area contributed by atoms with Crippen molar-refractivity contribution in [3.8, 4) is 0 Å². The molecule has 21 heavy (non-hydrogen) atoms. The summed E-state index contributed by atoms with van der Waals surface area (Å²) in [7, 11) is 0. The zero-order valence-electron chi connectivity index (χ0n) is 11.7. The molecule has 3 nitrogen and oxygen atoms in total. The minimum absolute atomic E-state index is 0.0787. The Morgan fingerprint density at radius 1 is 1.10 bits per heavy atom. The van der Waals surface area contributed by atoms with Gasteiger partial charge in [-0.1, -0.05) is 48.5 Å². The topological polar surface area (TPSA) is 41.6 Å². The molecule has 1 unspecified atom stereocenters. The molecule has 0 saturated carbocycles. The molecular weight excluding hydrogens is 265 g/mol. The predicted molar refractivity (Wildman–Crippen MR) is 82.2 cm³/mol. The molecule has 0 bridgehead atoms. The smallest absolute Gasteiger partial charge is 0.128 e. The third-order valence-corrected chi connectivity index (χ3v) is 3.75. The van der Waals surface area contributed by atoms with E-state index in [1.807, 2.05) is 47.5 Å². The van der Waals surface area contributed by atoms with Crippen LogP contribution in [0.3, 0.4) is 0 Å². The van der Waals surface area contributed by atoms with Crippen molar-refractivity contribution in [2.45, 2.75) is 19.0 Å². The molecule has 0 aliphatic carbocycles. The lowest BCUT2D eigenvalue weighted by atomic mass is 10.0. The van der Waals surface area contributed by atoms with Gasteiger partial charge >= 0.3 is 0 Å². The number of nitrogens with zero attached hydrogens (tertiary/aromatic N) is 2. The van der Waals surface area contributed by atoms with Crippen LogP contribution in [0, 0.1) is 5.82 Å². The highest BCUT2D eigenvalue weighted by atomic mass is 19.1. The van der Waals surface area contributed by atoms with Gasteiger partial charge in [0, 0.05) is 18.5 Å². The molecular formula is C17H18FN3. The Morgan fingerprint density at radius 3 is 2.52 bits per heavy atom. The lowest BCUT2D eigenvalue weighted by molar-refractivity contribution is 0.220. The molecule has 1 aliphatic rings. The van der Waals surface area contributed by atoms with Gasteiger partial charge < -0.3 is 5.73 Å². The maximum atomic E-state index is 14.1. The van der Waals surface area contributed by atoms with Crippen LogP contribution in [-0.4, -0.2) is 17.3 Å². The summed E-state index contributed by atoms with van der Waals surface area (Å²) in [6.45, 7) is 1.07. The molecule has 0 spiro atoms. The number of benzene rings is 2. The van der Waals surface area contributed by atoms with E-state index in [2.05, 4.69) is 5.10 Å². The maximum absolute atomic E-state index is 14.1. The van der Waals surface area contributed by atoms with Crippen molar-refractivity contribution in [2.75, 3.05) is 6.54 Å². The lowest BCUT2D eigenvalue weighted by Crippen LogP contribution is -2.20. The van der Waals surface area contributed by atoms with Crippen molar-refractivity contribution in [3.63, 3.8) is 0 Å². The molecule has 2 N–H and O–H groups in total. The summed E-state index contributed by atoms with van der Waals surface area (Å²) in [4.78, 5) is 0. The molecule has 1 aliphatic heterocycles. The molecule has 1 heterocycles. The van der Waals surface area contributed by atoms with Crippen LogP contribution in [0.25, 0.3) is 0 Å². The second kappa shape index (κ2) is 6.06. The van der Waals surface area contributed by atoms with E-state index in [0.717, 1.165) is 11.3 Å². The SMILES string of the molecule is NCC1=NN(Cc2ccccc2)C(c2ccccc2F)C1. The minimum atomic E-state index is -0.186. The first-order chi connectivity index (χ1) is 10.3. The van der Waals surface area contributed by atoms with Crippen molar-refractivity contribution >= 4 is 5.71 Å². The average molecular weight is 283 g/mol. The maximum Gasteiger partial charge on any atom is 0.128 e. The number of halogens is 1. The number of hydrogen-bond acceptors (Lipinski definition) is 3. The van der Waals surface area contributed by atoms with Crippen LogP contribution < -0.4 is 5.73 Å². The Hall–Kier alpha value is -2.20. The molecule has 4 heteroatoms. The number of nitrogens with two attached hydrogens (primary N) is 1. The Bertz CT molecular complexity index is 639. The van der Waals surface area contributed by atoms with Crippen LogP contribution in [0.4, 0.5) is 4.39 Å². The molecule has 0 radical (unpaired) electrons. The fourth-order valence-corrected chi connectivity index (χ4v) is 2.68. The predicted octanol–water partition coefficient (Wildman–Crippen LogP) is 3.09. The molecule has 108 valence electrons. The first-order valence-electron chi connectivity index (χ1n) is 7.09. The van der Waals surface area contributed by atoms with Crippen LogP contribution in [0.15, 0.2) is 59.7 Å². The summed E-state index contributed by atoms with van der Waals surface area (Å²) in [5.41, 5.74) is 8.47. The first kappa shape index (κ1) is 13.8. The standard InChI is InChI=1S/C17H18FN3/c18-16-9-5-4-8-15(16)17-10-14(11-19)20-21(17)12-13-6-2-1-3-7-13/h1-9,17H,10-12,19H2. The van der Waals surface area contributed by atoms with Gasteiger partial charge in [-0.05, 0) is 11.6 Å². The first-order valence-corrected chi connectivity index (χ1v) is 7.09. The Kier molecular flexibility index (Phi) is 3.97. The number of rotatable bonds is 4. The second-order valence-electron chi connectivity index (χ2n) is 5.19. The quantitative estimate of drug-likeness (QED) is 0.937. The molecule has 0 amide bonds. The monoisotopic (exact) mass is 283 g/mol. The van der Waals surface area contributed by atoms with Crippen LogP contribution >= 0.6 is 0 Å². The molecule has 1 atom stereocenters. The summed E-state index contributed by atoms with van der Waals surface area (Å²) < 4.78 is 14.1. The van der Waals surface area contributed by atoms with Crippen molar-refractivity contribution in [1.82, 2.24) is 5.01 Å². The van der Waals surface area contributed by atoms with E-state index >= 15 is 0 Å². The van der Waals surface area contributed by atoms with Crippen LogP contribution in [-0.2, 0) is 6.54 Å². The lowest BCUT2D eigenvalue weighted by Gasteiger charge is -2.24. The van der Waals surface area contributed by atoms with Gasteiger partial charge in [-0.15, -0.1) is 0 Å². The fourth-order valence-electron chi connectivity index (χ4n) is 2.68. The summed E-state index contributed by atoms with van der Waals surface area (Å²) in [5.74, 6) is -0.186. The Morgan fingerprint density at radius 2 is 1.81 bits per heavy atom. The second-order valence-corrected chi connectivity index (χ2v) is 5.19. The van der Waals surface area contributed by atoms with E-state index in [0.29, 0.717) is 25.1 Å². The van der Waals surface area contributed by atoms with Gasteiger partial charge in [0.2, 0.25) is 0 Å². The van der Waals surface area contributed by atoms with Crippen molar-refractivity contribution in [2.24, 2.45) is 10.8 Å². The summed E-state index contributed by atoms with van der Waals surface area (Å²) in [5, 5.41) is 6.50. The van der Waals surface area contributed by atoms with Crippen LogP contribution in [0.1, 0.15) is 23.6 Å². The van der Waals surface area contributed by atoms with Gasteiger partial charge in [0.15, 0.2) is 0 Å². The summed E-state index contributed by atoms with van der Waals surface area (Å²) in [6, 6.07) is 16.9. The molecule has 2 aromatic carbocycles. The Balaban J connectivity index is 1.88. The van der Waals surface area contributed by atoms with Crippen LogP contribution in [0.2, 0.25) is 0 Å². The zero-order valence-corrected chi connectivity index (χ0v) is 11.7. The number of hydrogen-bond donors (Lipinski definition) is 1. The number of hydrazone groups is 1. The van der Waals surface area contributed by atoms with Gasteiger partial charge in [-0.25, -0.2) is 4.39 Å². The minimum Gasteiger partial charge on any atom is -0.325 e. The molecule has 0 saturated heterocycles. The fraction of sp³-hybridized carbons (Fsp3) is 0.235. The highest BCUT2D eigenvalue weighted by Crippen LogP contribution is 2.33. The van der Waals surface area contributed by atoms with E-state index in [1.54, 1.807) is 6.07 Å². The van der Waals surface area contributed by atoms with Crippen molar-refractivity contribution in [1.29, 1.82) is 0 Å². The van der Waals surface area contributed by atoms with E-state index in [4.69, 9.17) is 5.73 Å². The van der Waals surface area contributed by atoms with E-state index in [-0.39, 0.29) is 11.9 Å². The van der Waals surface area contributed by atoms with E-state index < -0.39 is 0 Å². The third-order valence-electron chi connectivity index (χ3n) is 3.75. The molecule has 0 fully saturated rings. The third kappa shape index (κ3) is 2.95. The average Bonchev–Trinajstić information content (AvgIpc) is 2.92.